The molecule has 5 atom stereocenters. The normalized spacial score (nSPS) is 35.3. The first-order valence-electron chi connectivity index (χ1n) is 9.41. The van der Waals surface area contributed by atoms with Crippen molar-refractivity contribution in [3.63, 3.8) is 0 Å². The summed E-state index contributed by atoms with van der Waals surface area (Å²) in [6, 6.07) is 9.18. The Morgan fingerprint density at radius 3 is 2.20 bits per heavy atom. The van der Waals surface area contributed by atoms with Gasteiger partial charge in [-0.15, -0.1) is 0 Å². The molecule has 0 bridgehead atoms. The van der Waals surface area contributed by atoms with E-state index in [1.807, 2.05) is 30.3 Å². The number of ether oxygens (including phenoxy) is 6. The number of carbonyl (C=O) groups excluding carboxylic acids is 1. The number of hydrogen-bond acceptors (Lipinski definition) is 7. The maximum atomic E-state index is 15.3. The molecule has 3 rings (SSSR count). The van der Waals surface area contributed by atoms with Gasteiger partial charge in [0.2, 0.25) is 11.6 Å². The Labute approximate surface area is 173 Å². The predicted octanol–water partition coefficient (Wildman–Crippen LogP) is 2.83. The highest BCUT2D eigenvalue weighted by Crippen LogP contribution is 2.49. The average Bonchev–Trinajstić information content (AvgIpc) is 2.75. The highest BCUT2D eigenvalue weighted by molar-refractivity contribution is 5.91. The maximum absolute atomic E-state index is 15.3. The van der Waals surface area contributed by atoms with Gasteiger partial charge < -0.3 is 28.4 Å². The zero-order chi connectivity index (χ0) is 22.2. The predicted molar refractivity (Wildman–Crippen MR) is 101 cm³/mol. The van der Waals surface area contributed by atoms with E-state index in [2.05, 4.69) is 4.74 Å². The third-order valence-electron chi connectivity index (χ3n) is 5.68. The summed E-state index contributed by atoms with van der Waals surface area (Å²) in [6.45, 7) is 3.07. The molecule has 1 saturated heterocycles. The number of carbonyl (C=O) groups is 1. The van der Waals surface area contributed by atoms with E-state index in [9.17, 15) is 4.79 Å². The lowest BCUT2D eigenvalue weighted by atomic mass is 9.85. The van der Waals surface area contributed by atoms with Gasteiger partial charge >= 0.3 is 11.9 Å². The van der Waals surface area contributed by atoms with Crippen LogP contribution in [0, 0.1) is 0 Å². The minimum Gasteiger partial charge on any atom is -0.465 e. The molecule has 0 amide bonds. The zero-order valence-electron chi connectivity index (χ0n) is 17.5. The van der Waals surface area contributed by atoms with Crippen LogP contribution < -0.4 is 0 Å². The molecule has 1 aliphatic heterocycles. The number of benzene rings is 1. The number of fused-ring (bicyclic) bond motifs is 1. The van der Waals surface area contributed by atoms with Crippen LogP contribution in [0.4, 0.5) is 8.78 Å². The topological polar surface area (TPSA) is 72.5 Å². The molecule has 1 heterocycles. The third-order valence-corrected chi connectivity index (χ3v) is 5.68. The molecule has 0 radical (unpaired) electrons. The monoisotopic (exact) mass is 428 g/mol. The van der Waals surface area contributed by atoms with E-state index in [0.29, 0.717) is 0 Å². The molecule has 0 saturated carbocycles. The molecule has 166 valence electrons. The number of halogens is 2. The van der Waals surface area contributed by atoms with Crippen molar-refractivity contribution >= 4 is 5.97 Å². The maximum Gasteiger partial charge on any atom is 0.339 e. The standard InChI is InChI=1S/C21H26F2O7/c1-19(26-4)20(2,27-5)30-17-16(29-19)15(28-12-13-9-7-6-8-10-13)11-14(18(24)25-3)21(17,22)23/h6-11,15-17H,12H2,1-5H3/t15-,16-,17+,19+,20+/m1/s1. The lowest BCUT2D eigenvalue weighted by molar-refractivity contribution is -0.467. The van der Waals surface area contributed by atoms with Crippen LogP contribution in [0.2, 0.25) is 0 Å². The first kappa shape index (κ1) is 22.8. The van der Waals surface area contributed by atoms with Crippen molar-refractivity contribution in [2.75, 3.05) is 21.3 Å². The Kier molecular flexibility index (Phi) is 6.31. The first-order valence-corrected chi connectivity index (χ1v) is 9.41. The van der Waals surface area contributed by atoms with Crippen molar-refractivity contribution in [1.29, 1.82) is 0 Å². The van der Waals surface area contributed by atoms with Gasteiger partial charge in [0, 0.05) is 14.2 Å². The third kappa shape index (κ3) is 3.76. The van der Waals surface area contributed by atoms with E-state index in [-0.39, 0.29) is 6.61 Å². The molecule has 30 heavy (non-hydrogen) atoms. The van der Waals surface area contributed by atoms with Gasteiger partial charge in [-0.3, -0.25) is 0 Å². The Morgan fingerprint density at radius 2 is 1.63 bits per heavy atom. The van der Waals surface area contributed by atoms with Crippen molar-refractivity contribution in [2.45, 2.75) is 56.3 Å². The molecule has 7 nitrogen and oxygen atoms in total. The van der Waals surface area contributed by atoms with Gasteiger partial charge in [0.15, 0.2) is 6.10 Å². The van der Waals surface area contributed by atoms with Crippen molar-refractivity contribution in [1.82, 2.24) is 0 Å². The number of hydrogen-bond donors (Lipinski definition) is 0. The average molecular weight is 428 g/mol. The van der Waals surface area contributed by atoms with Gasteiger partial charge in [0.1, 0.15) is 17.8 Å². The highest BCUT2D eigenvalue weighted by atomic mass is 19.3. The van der Waals surface area contributed by atoms with Gasteiger partial charge in [-0.1, -0.05) is 30.3 Å². The van der Waals surface area contributed by atoms with Crippen molar-refractivity contribution < 1.29 is 42.0 Å². The minimum atomic E-state index is -3.71. The fraction of sp³-hybridized carbons (Fsp3) is 0.571. The lowest BCUT2D eigenvalue weighted by Gasteiger charge is -2.55. The van der Waals surface area contributed by atoms with E-state index in [4.69, 9.17) is 23.7 Å². The smallest absolute Gasteiger partial charge is 0.339 e. The number of methoxy groups -OCH3 is 3. The minimum absolute atomic E-state index is 0.111. The Morgan fingerprint density at radius 1 is 1.03 bits per heavy atom. The van der Waals surface area contributed by atoms with Crippen LogP contribution in [0.3, 0.4) is 0 Å². The quantitative estimate of drug-likeness (QED) is 0.645. The Balaban J connectivity index is 2.00. The fourth-order valence-electron chi connectivity index (χ4n) is 3.58. The van der Waals surface area contributed by atoms with Gasteiger partial charge in [-0.25, -0.2) is 4.79 Å². The summed E-state index contributed by atoms with van der Waals surface area (Å²) in [5.41, 5.74) is -0.0280. The van der Waals surface area contributed by atoms with Crippen molar-refractivity contribution in [3.05, 3.63) is 47.5 Å². The second-order valence-electron chi connectivity index (χ2n) is 7.38. The highest BCUT2D eigenvalue weighted by Gasteiger charge is 2.67. The molecule has 2 aliphatic rings. The van der Waals surface area contributed by atoms with Gasteiger partial charge in [0.05, 0.1) is 13.7 Å². The summed E-state index contributed by atoms with van der Waals surface area (Å²) in [5, 5.41) is 0. The molecule has 0 spiro atoms. The van der Waals surface area contributed by atoms with Crippen LogP contribution in [-0.4, -0.2) is 63.1 Å². The summed E-state index contributed by atoms with van der Waals surface area (Å²) < 4.78 is 63.4. The Bertz CT molecular complexity index is 800. The number of esters is 1. The second kappa shape index (κ2) is 8.32. The first-order chi connectivity index (χ1) is 14.1. The molecule has 1 aromatic rings. The van der Waals surface area contributed by atoms with Gasteiger partial charge in [-0.2, -0.15) is 8.78 Å². The zero-order valence-corrected chi connectivity index (χ0v) is 17.5. The SMILES string of the molecule is COC(=O)C1=C[C@@H](OCc2ccccc2)[C@H]2O[C@](C)(OC)[C@@](C)(OC)O[C@@H]2C1(F)F. The molecular formula is C21H26F2O7. The molecule has 1 aliphatic carbocycles. The van der Waals surface area contributed by atoms with Crippen molar-refractivity contribution in [3.8, 4) is 0 Å². The van der Waals surface area contributed by atoms with E-state index in [1.165, 1.54) is 28.1 Å². The summed E-state index contributed by atoms with van der Waals surface area (Å²) in [5.74, 6) is -8.06. The molecule has 1 fully saturated rings. The summed E-state index contributed by atoms with van der Waals surface area (Å²) in [7, 11) is 3.69. The summed E-state index contributed by atoms with van der Waals surface area (Å²) >= 11 is 0. The summed E-state index contributed by atoms with van der Waals surface area (Å²) in [6.07, 6.45) is -3.14. The lowest BCUT2D eigenvalue weighted by Crippen LogP contribution is -2.71. The Hall–Kier alpha value is -1.91. The van der Waals surface area contributed by atoms with Crippen LogP contribution in [0.15, 0.2) is 42.0 Å². The molecule has 0 N–H and O–H groups in total. The van der Waals surface area contributed by atoms with Crippen LogP contribution in [0.25, 0.3) is 0 Å². The van der Waals surface area contributed by atoms with Crippen LogP contribution >= 0.6 is 0 Å². The van der Waals surface area contributed by atoms with Gasteiger partial charge in [-0.05, 0) is 25.5 Å². The number of rotatable bonds is 6. The number of alkyl halides is 2. The fourth-order valence-corrected chi connectivity index (χ4v) is 3.58. The van der Waals surface area contributed by atoms with Crippen LogP contribution in [0.1, 0.15) is 19.4 Å². The largest absolute Gasteiger partial charge is 0.465 e. The van der Waals surface area contributed by atoms with E-state index in [0.717, 1.165) is 18.7 Å². The second-order valence-corrected chi connectivity index (χ2v) is 7.38. The van der Waals surface area contributed by atoms with E-state index in [1.54, 1.807) is 0 Å². The van der Waals surface area contributed by atoms with Gasteiger partial charge in [0.25, 0.3) is 0 Å². The molecule has 0 aromatic heterocycles. The molecule has 0 unspecified atom stereocenters. The molecular weight excluding hydrogens is 402 g/mol. The van der Waals surface area contributed by atoms with Crippen molar-refractivity contribution in [2.24, 2.45) is 0 Å². The molecule has 9 heteroatoms. The van der Waals surface area contributed by atoms with E-state index >= 15 is 8.78 Å². The van der Waals surface area contributed by atoms with Crippen LogP contribution in [-0.2, 0) is 39.8 Å². The van der Waals surface area contributed by atoms with E-state index < -0.39 is 47.4 Å². The summed E-state index contributed by atoms with van der Waals surface area (Å²) in [4.78, 5) is 12.1. The van der Waals surface area contributed by atoms with Crippen LogP contribution in [0.5, 0.6) is 0 Å². The molecule has 1 aromatic carbocycles.